The molecular formula is C60H47Cl4N5O11S. The minimum Gasteiger partial charge on any atom is -0.478 e. The van der Waals surface area contributed by atoms with E-state index < -0.39 is 37.6 Å². The summed E-state index contributed by atoms with van der Waals surface area (Å²) in [7, 11) is 7.36. The molecule has 0 aliphatic heterocycles. The number of benzene rings is 8. The number of carbonyl (C=O) groups excluding carboxylic acids is 4. The molecule has 0 aliphatic rings. The Morgan fingerprint density at radius 1 is 0.383 bits per heavy atom. The second-order valence-electron chi connectivity index (χ2n) is 15.7. The Bertz CT molecular complexity index is 3200. The third-order valence-electron chi connectivity index (χ3n) is 10.0. The van der Waals surface area contributed by atoms with Crippen molar-refractivity contribution < 1.29 is 53.1 Å². The van der Waals surface area contributed by atoms with Gasteiger partial charge in [-0.25, -0.2) is 18.6 Å². The smallest absolute Gasteiger partial charge is 0.335 e. The molecule has 0 saturated carbocycles. The summed E-state index contributed by atoms with van der Waals surface area (Å²) in [6.45, 7) is 0. The van der Waals surface area contributed by atoms with E-state index in [-0.39, 0.29) is 24.1 Å². The summed E-state index contributed by atoms with van der Waals surface area (Å²) in [5.41, 5.74) is 14.8. The van der Waals surface area contributed by atoms with E-state index in [9.17, 15) is 33.6 Å². The molecule has 21 heteroatoms. The molecule has 0 atom stereocenters. The van der Waals surface area contributed by atoms with Crippen LogP contribution in [0.25, 0.3) is 0 Å². The van der Waals surface area contributed by atoms with Gasteiger partial charge in [0.05, 0.1) is 39.4 Å². The molecule has 5 N–H and O–H groups in total. The van der Waals surface area contributed by atoms with Gasteiger partial charge in [-0.05, 0) is 185 Å². The molecule has 0 unspecified atom stereocenters. The maximum absolute atomic E-state index is 11.1. The first-order valence-corrected chi connectivity index (χ1v) is 26.3. The molecule has 81 heavy (non-hydrogen) atoms. The van der Waals surface area contributed by atoms with Crippen molar-refractivity contribution >= 4 is 148 Å². The van der Waals surface area contributed by atoms with Crippen molar-refractivity contribution in [3.63, 3.8) is 0 Å². The van der Waals surface area contributed by atoms with E-state index in [0.717, 1.165) is 33.6 Å². The number of aldehydes is 2. The normalized spacial score (nSPS) is 10.4. The van der Waals surface area contributed by atoms with Gasteiger partial charge in [0, 0.05) is 74.2 Å². The number of halogens is 4. The molecule has 16 nitrogen and oxygen atoms in total. The highest BCUT2D eigenvalue weighted by atomic mass is 36.0. The van der Waals surface area contributed by atoms with E-state index in [1.807, 2.05) is 48.5 Å². The summed E-state index contributed by atoms with van der Waals surface area (Å²) in [6.07, 6.45) is 8.27. The maximum atomic E-state index is 11.1. The lowest BCUT2D eigenvalue weighted by molar-refractivity contribution is 0.0686. The van der Waals surface area contributed by atoms with Crippen LogP contribution in [0.5, 0.6) is 0 Å². The van der Waals surface area contributed by atoms with E-state index in [0.29, 0.717) is 51.9 Å². The highest BCUT2D eigenvalue weighted by molar-refractivity contribution is 8.26. The number of carboxylic acid groups (broad SMARTS) is 3. The van der Waals surface area contributed by atoms with Crippen molar-refractivity contribution in [3.05, 3.63) is 255 Å². The zero-order valence-corrected chi connectivity index (χ0v) is 45.2. The van der Waals surface area contributed by atoms with E-state index in [1.165, 1.54) is 36.4 Å². The molecule has 0 spiro atoms. The zero-order valence-electron chi connectivity index (χ0n) is 41.3. The van der Waals surface area contributed by atoms with Crippen LogP contribution in [-0.4, -0.2) is 85.4 Å². The number of carboxylic acids is 3. The number of carbonyl (C=O) groups is 7. The van der Waals surface area contributed by atoms with Gasteiger partial charge in [-0.15, -0.1) is 0 Å². The Morgan fingerprint density at radius 2 is 0.593 bits per heavy atom. The summed E-state index contributed by atoms with van der Waals surface area (Å²) in [6, 6.07) is 53.9. The fourth-order valence-electron chi connectivity index (χ4n) is 6.10. The Labute approximate surface area is 486 Å². The molecule has 0 radical (unpaired) electrons. The van der Waals surface area contributed by atoms with Gasteiger partial charge in [-0.2, -0.15) is 0 Å². The minimum absolute atomic E-state index is 0. The fraction of sp³-hybridized carbons (Fsp3) is 0.0167. The summed E-state index contributed by atoms with van der Waals surface area (Å²) < 4.78 is 9.09. The Morgan fingerprint density at radius 3 is 0.815 bits per heavy atom. The first-order valence-electron chi connectivity index (χ1n) is 22.8. The van der Waals surface area contributed by atoms with Crippen LogP contribution in [0.2, 0.25) is 0 Å². The summed E-state index contributed by atoms with van der Waals surface area (Å²) in [4.78, 5) is 91.9. The second-order valence-corrected chi connectivity index (χ2v) is 18.9. The average molecular weight is 1190 g/mol. The van der Waals surface area contributed by atoms with Crippen LogP contribution in [-0.2, 0) is 9.23 Å². The number of hydrogen-bond donors (Lipinski definition) is 4. The Kier molecular flexibility index (Phi) is 28.7. The topological polar surface area (TPSA) is 273 Å². The van der Waals surface area contributed by atoms with Crippen molar-refractivity contribution in [2.45, 2.75) is 7.43 Å². The zero-order chi connectivity index (χ0) is 58.4. The van der Waals surface area contributed by atoms with E-state index in [4.69, 9.17) is 48.5 Å². The lowest BCUT2D eigenvalue weighted by Crippen LogP contribution is -1.95. The molecule has 0 aliphatic carbocycles. The van der Waals surface area contributed by atoms with Crippen LogP contribution in [0, 0.1) is 0 Å². The van der Waals surface area contributed by atoms with Gasteiger partial charge < -0.3 is 21.1 Å². The van der Waals surface area contributed by atoms with Crippen LogP contribution in [0.4, 0.5) is 28.4 Å². The second kappa shape index (κ2) is 35.2. The summed E-state index contributed by atoms with van der Waals surface area (Å²) in [5.74, 6) is -2.87. The molecule has 0 amide bonds. The van der Waals surface area contributed by atoms with Crippen molar-refractivity contribution in [2.24, 2.45) is 20.0 Å². The maximum Gasteiger partial charge on any atom is 0.335 e. The van der Waals surface area contributed by atoms with Gasteiger partial charge in [-0.1, -0.05) is 62.0 Å². The van der Waals surface area contributed by atoms with Gasteiger partial charge in [-0.3, -0.25) is 39.1 Å². The van der Waals surface area contributed by atoms with Crippen molar-refractivity contribution in [1.82, 2.24) is 0 Å². The first kappa shape index (κ1) is 65.9. The number of hydrogen-bond acceptors (Lipinski definition) is 13. The van der Waals surface area contributed by atoms with Crippen LogP contribution in [0.3, 0.4) is 0 Å². The predicted molar refractivity (Wildman–Crippen MR) is 324 cm³/mol. The quantitative estimate of drug-likeness (QED) is 0.0323. The highest BCUT2D eigenvalue weighted by Gasteiger charge is 2.05. The summed E-state index contributed by atoms with van der Waals surface area (Å²) >= 11 is 10.9. The number of aliphatic imine (C=N–C) groups is 4. The van der Waals surface area contributed by atoms with Crippen LogP contribution in [0.1, 0.15) is 102 Å². The monoisotopic (exact) mass is 1190 g/mol. The molecule has 0 heterocycles. The molecule has 412 valence electrons. The van der Waals surface area contributed by atoms with Crippen molar-refractivity contribution in [3.8, 4) is 0 Å². The molecule has 8 aromatic carbocycles. The number of nitrogen functional groups attached to an aromatic ring is 1. The Hall–Kier alpha value is -9.36. The number of nitrogens with zero attached hydrogens (tertiary/aromatic N) is 4. The molecule has 0 aromatic heterocycles. The standard InChI is InChI=1S/C22H14Cl2N2O2.C22H16N2O4.C8H6O2.C7H7NO2.CH4.Cl2OS/c23-21(27)17-4-8-19(9-5-17)25-13-15-2-1-3-16(12-15)14-26-20-10-6-18(7-11-20)22(24)28;25-21(26)17-4-8-19(9-5-17)23-13-15-2-1-3-16(12-15)14-24-20-10-6-18(7-11-20)22(27)28;9-5-7-2-1-3-8(4-7)6-10;8-6-3-1-5(2-4-6)7(9)10;;1-4(2)3/h1-14H;1-14H,(H,25,26)(H,27,28);1-6H;1-4H,8H2,(H,9,10);1H4;. The van der Waals surface area contributed by atoms with Crippen LogP contribution in [0.15, 0.2) is 214 Å². The number of rotatable bonds is 15. The van der Waals surface area contributed by atoms with E-state index >= 15 is 0 Å². The third-order valence-corrected chi connectivity index (χ3v) is 10.5. The fourth-order valence-corrected chi connectivity index (χ4v) is 6.36. The van der Waals surface area contributed by atoms with E-state index in [1.54, 1.807) is 134 Å². The number of aromatic carboxylic acids is 3. The van der Waals surface area contributed by atoms with Gasteiger partial charge >= 0.3 is 17.9 Å². The van der Waals surface area contributed by atoms with Crippen LogP contribution >= 0.6 is 44.6 Å². The average Bonchev–Trinajstić information content (AvgIpc) is 3.46. The van der Waals surface area contributed by atoms with Crippen molar-refractivity contribution in [2.75, 3.05) is 5.73 Å². The minimum atomic E-state index is -1.67. The lowest BCUT2D eigenvalue weighted by atomic mass is 10.1. The molecule has 8 rings (SSSR count). The van der Waals surface area contributed by atoms with E-state index in [2.05, 4.69) is 41.3 Å². The molecular weight excluding hydrogens is 1140 g/mol. The third kappa shape index (κ3) is 25.3. The SMILES string of the molecule is C.Nc1ccc(C(=O)O)cc1.O=C(Cl)c1ccc(N=Cc2cccc(C=Nc3ccc(C(=O)Cl)cc3)c2)cc1.O=C(O)c1ccc(N=Cc2cccc(C=Nc3ccc(C(=O)O)cc3)c2)cc1.O=Cc1cccc(C=O)c1.O=S(Cl)Cl. The van der Waals surface area contributed by atoms with Gasteiger partial charge in [0.25, 0.3) is 10.5 Å². The molecule has 0 saturated heterocycles. The van der Waals surface area contributed by atoms with Gasteiger partial charge in [0.2, 0.25) is 9.23 Å². The van der Waals surface area contributed by atoms with Gasteiger partial charge in [0.15, 0.2) is 0 Å². The summed E-state index contributed by atoms with van der Waals surface area (Å²) in [5, 5.41) is 25.3. The first-order chi connectivity index (χ1) is 38.3. The van der Waals surface area contributed by atoms with Crippen molar-refractivity contribution in [1.29, 1.82) is 0 Å². The lowest BCUT2D eigenvalue weighted by Gasteiger charge is -1.99. The number of nitrogens with two attached hydrogens (primary N) is 1. The number of anilines is 1. The Balaban J connectivity index is 0.000000301. The largest absolute Gasteiger partial charge is 0.478 e. The van der Waals surface area contributed by atoms with Crippen LogP contribution < -0.4 is 5.73 Å². The molecule has 0 bridgehead atoms. The molecule has 0 fully saturated rings. The highest BCUT2D eigenvalue weighted by Crippen LogP contribution is 2.18. The predicted octanol–water partition coefficient (Wildman–Crippen LogP) is 14.5. The van der Waals surface area contributed by atoms with Gasteiger partial charge in [0.1, 0.15) is 12.6 Å². The molecule has 8 aromatic rings.